The molecule has 1 radical (unpaired) electrons. The molecule has 1 aliphatic rings. The molecule has 1 heteroatoms. The average Bonchev–Trinajstić information content (AvgIpc) is 2.23. The molecule has 0 spiro atoms. The SMILES string of the molecule is Fc1ccccc1[CH]C1CCCCC1. The maximum absolute atomic E-state index is 13.3. The van der Waals surface area contributed by atoms with Gasteiger partial charge in [0.1, 0.15) is 5.82 Å². The standard InChI is InChI=1S/C13H16F/c14-13-9-5-4-8-12(13)10-11-6-2-1-3-7-11/h4-5,8-11H,1-3,6-7H2. The molecule has 75 valence electrons. The Labute approximate surface area is 85.1 Å². The summed E-state index contributed by atoms with van der Waals surface area (Å²) in [6.07, 6.45) is 8.52. The van der Waals surface area contributed by atoms with E-state index in [0.717, 1.165) is 5.56 Å². The summed E-state index contributed by atoms with van der Waals surface area (Å²) >= 11 is 0. The molecule has 1 aromatic carbocycles. The van der Waals surface area contributed by atoms with Crippen molar-refractivity contribution in [2.75, 3.05) is 0 Å². The lowest BCUT2D eigenvalue weighted by atomic mass is 9.85. The molecule has 1 aliphatic carbocycles. The first-order valence-corrected chi connectivity index (χ1v) is 5.45. The minimum atomic E-state index is -0.0851. The maximum Gasteiger partial charge on any atom is 0.126 e. The van der Waals surface area contributed by atoms with E-state index >= 15 is 0 Å². The summed E-state index contributed by atoms with van der Waals surface area (Å²) in [5.41, 5.74) is 0.777. The van der Waals surface area contributed by atoms with E-state index in [0.29, 0.717) is 5.92 Å². The van der Waals surface area contributed by atoms with Gasteiger partial charge in [-0.25, -0.2) is 4.39 Å². The molecule has 1 saturated carbocycles. The monoisotopic (exact) mass is 191 g/mol. The number of benzene rings is 1. The molecule has 0 nitrogen and oxygen atoms in total. The summed E-state index contributed by atoms with van der Waals surface area (Å²) in [5, 5.41) is 0. The highest BCUT2D eigenvalue weighted by atomic mass is 19.1. The van der Waals surface area contributed by atoms with Crippen molar-refractivity contribution in [3.05, 3.63) is 42.1 Å². The second-order valence-electron chi connectivity index (χ2n) is 4.09. The minimum absolute atomic E-state index is 0.0851. The second kappa shape index (κ2) is 4.59. The van der Waals surface area contributed by atoms with E-state index in [4.69, 9.17) is 0 Å². The lowest BCUT2D eigenvalue weighted by Crippen LogP contribution is -2.08. The van der Waals surface area contributed by atoms with Gasteiger partial charge in [-0.2, -0.15) is 0 Å². The van der Waals surface area contributed by atoms with Crippen molar-refractivity contribution in [2.24, 2.45) is 5.92 Å². The summed E-state index contributed by atoms with van der Waals surface area (Å²) in [5.74, 6) is 0.513. The predicted octanol–water partition coefficient (Wildman–Crippen LogP) is 3.96. The summed E-state index contributed by atoms with van der Waals surface area (Å²) in [4.78, 5) is 0. The summed E-state index contributed by atoms with van der Waals surface area (Å²) in [7, 11) is 0. The Hall–Kier alpha value is -0.850. The molecule has 14 heavy (non-hydrogen) atoms. The first kappa shape index (κ1) is 9.70. The largest absolute Gasteiger partial charge is 0.207 e. The highest BCUT2D eigenvalue weighted by Gasteiger charge is 2.15. The minimum Gasteiger partial charge on any atom is -0.207 e. The van der Waals surface area contributed by atoms with Crippen LogP contribution in [0.25, 0.3) is 0 Å². The Morgan fingerprint density at radius 2 is 1.79 bits per heavy atom. The van der Waals surface area contributed by atoms with Gasteiger partial charge in [-0.1, -0.05) is 37.5 Å². The van der Waals surface area contributed by atoms with Gasteiger partial charge in [0.15, 0.2) is 0 Å². The third-order valence-electron chi connectivity index (χ3n) is 2.97. The Morgan fingerprint density at radius 3 is 2.50 bits per heavy atom. The van der Waals surface area contributed by atoms with Crippen molar-refractivity contribution in [2.45, 2.75) is 32.1 Å². The zero-order valence-corrected chi connectivity index (χ0v) is 8.38. The molecular weight excluding hydrogens is 175 g/mol. The van der Waals surface area contributed by atoms with E-state index in [1.165, 1.54) is 38.2 Å². The molecule has 0 atom stereocenters. The third kappa shape index (κ3) is 2.34. The van der Waals surface area contributed by atoms with Crippen LogP contribution in [0.2, 0.25) is 0 Å². The van der Waals surface area contributed by atoms with Crippen molar-refractivity contribution in [1.82, 2.24) is 0 Å². The fraction of sp³-hybridized carbons (Fsp3) is 0.462. The Bertz CT molecular complexity index is 287. The van der Waals surface area contributed by atoms with Crippen LogP contribution in [0.5, 0.6) is 0 Å². The van der Waals surface area contributed by atoms with Crippen molar-refractivity contribution in [3.8, 4) is 0 Å². The maximum atomic E-state index is 13.3. The lowest BCUT2D eigenvalue weighted by Gasteiger charge is -2.21. The molecule has 2 rings (SSSR count). The Balaban J connectivity index is 1.99. The molecule has 0 N–H and O–H groups in total. The molecule has 0 amide bonds. The smallest absolute Gasteiger partial charge is 0.126 e. The van der Waals surface area contributed by atoms with Crippen LogP contribution in [0.1, 0.15) is 37.7 Å². The zero-order chi connectivity index (χ0) is 9.80. The second-order valence-corrected chi connectivity index (χ2v) is 4.09. The van der Waals surface area contributed by atoms with Crippen LogP contribution in [-0.2, 0) is 0 Å². The van der Waals surface area contributed by atoms with Gasteiger partial charge >= 0.3 is 0 Å². The molecule has 0 bridgehead atoms. The number of rotatable bonds is 2. The number of hydrogen-bond acceptors (Lipinski definition) is 0. The molecular formula is C13H16F. The number of halogens is 1. The summed E-state index contributed by atoms with van der Waals surface area (Å²) < 4.78 is 13.3. The van der Waals surface area contributed by atoms with E-state index in [1.807, 2.05) is 12.1 Å². The van der Waals surface area contributed by atoms with Crippen molar-refractivity contribution < 1.29 is 4.39 Å². The van der Waals surface area contributed by atoms with Crippen LogP contribution in [0.4, 0.5) is 4.39 Å². The molecule has 0 saturated heterocycles. The first-order chi connectivity index (χ1) is 6.86. The van der Waals surface area contributed by atoms with Crippen LogP contribution in [-0.4, -0.2) is 0 Å². The van der Waals surface area contributed by atoms with Crippen molar-refractivity contribution >= 4 is 0 Å². The van der Waals surface area contributed by atoms with Crippen molar-refractivity contribution in [3.63, 3.8) is 0 Å². The fourth-order valence-corrected chi connectivity index (χ4v) is 2.17. The predicted molar refractivity (Wildman–Crippen MR) is 56.4 cm³/mol. The number of hydrogen-bond donors (Lipinski definition) is 0. The quantitative estimate of drug-likeness (QED) is 0.663. The molecule has 1 aromatic rings. The van der Waals surface area contributed by atoms with Crippen LogP contribution < -0.4 is 0 Å². The van der Waals surface area contributed by atoms with Crippen molar-refractivity contribution in [1.29, 1.82) is 0 Å². The van der Waals surface area contributed by atoms with Gasteiger partial charge in [-0.3, -0.25) is 0 Å². The van der Waals surface area contributed by atoms with E-state index in [1.54, 1.807) is 6.07 Å². The molecule has 0 unspecified atom stereocenters. The normalized spacial score (nSPS) is 18.4. The van der Waals surface area contributed by atoms with Crippen LogP contribution in [0, 0.1) is 18.2 Å². The van der Waals surface area contributed by atoms with Gasteiger partial charge in [0.05, 0.1) is 0 Å². The van der Waals surface area contributed by atoms with Gasteiger partial charge in [-0.05, 0) is 36.8 Å². The van der Waals surface area contributed by atoms with Gasteiger partial charge in [0, 0.05) is 0 Å². The third-order valence-corrected chi connectivity index (χ3v) is 2.97. The molecule has 0 aromatic heterocycles. The Morgan fingerprint density at radius 1 is 1.07 bits per heavy atom. The first-order valence-electron chi connectivity index (χ1n) is 5.45. The van der Waals surface area contributed by atoms with Gasteiger partial charge in [-0.15, -0.1) is 0 Å². The molecule has 1 fully saturated rings. The zero-order valence-electron chi connectivity index (χ0n) is 8.38. The van der Waals surface area contributed by atoms with Crippen LogP contribution in [0.15, 0.2) is 24.3 Å². The van der Waals surface area contributed by atoms with Gasteiger partial charge in [0.2, 0.25) is 0 Å². The topological polar surface area (TPSA) is 0 Å². The van der Waals surface area contributed by atoms with Gasteiger partial charge < -0.3 is 0 Å². The van der Waals surface area contributed by atoms with Gasteiger partial charge in [0.25, 0.3) is 0 Å². The highest BCUT2D eigenvalue weighted by molar-refractivity contribution is 5.25. The average molecular weight is 191 g/mol. The highest BCUT2D eigenvalue weighted by Crippen LogP contribution is 2.28. The van der Waals surface area contributed by atoms with E-state index in [2.05, 4.69) is 6.42 Å². The fourth-order valence-electron chi connectivity index (χ4n) is 2.17. The van der Waals surface area contributed by atoms with E-state index in [9.17, 15) is 4.39 Å². The lowest BCUT2D eigenvalue weighted by molar-refractivity contribution is 0.401. The Kier molecular flexibility index (Phi) is 3.18. The van der Waals surface area contributed by atoms with E-state index in [-0.39, 0.29) is 5.82 Å². The van der Waals surface area contributed by atoms with Crippen LogP contribution >= 0.6 is 0 Å². The molecule has 0 aliphatic heterocycles. The molecule has 0 heterocycles. The van der Waals surface area contributed by atoms with Crippen LogP contribution in [0.3, 0.4) is 0 Å². The summed E-state index contributed by atoms with van der Waals surface area (Å²) in [6.45, 7) is 0. The van der Waals surface area contributed by atoms with E-state index < -0.39 is 0 Å². The summed E-state index contributed by atoms with van der Waals surface area (Å²) in [6, 6.07) is 7.05.